The molecule has 1 aromatic heterocycles. The maximum Gasteiger partial charge on any atom is 0.227 e. The van der Waals surface area contributed by atoms with Gasteiger partial charge in [0.15, 0.2) is 5.58 Å². The summed E-state index contributed by atoms with van der Waals surface area (Å²) in [5.41, 5.74) is 3.97. The third-order valence-corrected chi connectivity index (χ3v) is 4.40. The zero-order chi connectivity index (χ0) is 16.4. The van der Waals surface area contributed by atoms with Crippen LogP contribution in [0.15, 0.2) is 46.9 Å². The molecular formula is C19H21N3O2. The fourth-order valence-electron chi connectivity index (χ4n) is 3.06. The molecule has 5 heteroatoms. The summed E-state index contributed by atoms with van der Waals surface area (Å²) in [7, 11) is 1.66. The average Bonchev–Trinajstić information content (AvgIpc) is 3.06. The van der Waals surface area contributed by atoms with Crippen molar-refractivity contribution in [3.8, 4) is 17.2 Å². The molecule has 1 N–H and O–H groups in total. The van der Waals surface area contributed by atoms with Crippen LogP contribution in [0.3, 0.4) is 0 Å². The standard InChI is InChI=1S/C19H21N3O2/c1-23-16-5-3-15(4-6-16)19-21-17-12-14(2-7-18(17)24-19)13-22-10-8-20-9-11-22/h2-7,12,20H,8-11,13H2,1H3. The summed E-state index contributed by atoms with van der Waals surface area (Å²) in [4.78, 5) is 7.11. The summed E-state index contributed by atoms with van der Waals surface area (Å²) in [5.74, 6) is 1.47. The highest BCUT2D eigenvalue weighted by molar-refractivity contribution is 5.77. The third-order valence-electron chi connectivity index (χ3n) is 4.40. The predicted molar refractivity (Wildman–Crippen MR) is 94.1 cm³/mol. The maximum atomic E-state index is 5.90. The van der Waals surface area contributed by atoms with E-state index in [9.17, 15) is 0 Å². The molecule has 5 nitrogen and oxygen atoms in total. The van der Waals surface area contributed by atoms with Crippen LogP contribution in [0.25, 0.3) is 22.6 Å². The fraction of sp³-hybridized carbons (Fsp3) is 0.316. The first kappa shape index (κ1) is 15.2. The van der Waals surface area contributed by atoms with Gasteiger partial charge in [0.2, 0.25) is 5.89 Å². The van der Waals surface area contributed by atoms with Crippen LogP contribution in [-0.2, 0) is 6.54 Å². The van der Waals surface area contributed by atoms with Crippen molar-refractivity contribution in [3.05, 3.63) is 48.0 Å². The van der Waals surface area contributed by atoms with Crippen molar-refractivity contribution in [1.82, 2.24) is 15.2 Å². The highest BCUT2D eigenvalue weighted by Crippen LogP contribution is 2.26. The minimum atomic E-state index is 0.645. The second-order valence-electron chi connectivity index (χ2n) is 6.08. The number of methoxy groups -OCH3 is 1. The molecule has 1 fully saturated rings. The van der Waals surface area contributed by atoms with Gasteiger partial charge >= 0.3 is 0 Å². The zero-order valence-electron chi connectivity index (χ0n) is 13.8. The highest BCUT2D eigenvalue weighted by atomic mass is 16.5. The molecule has 0 unspecified atom stereocenters. The Labute approximate surface area is 141 Å². The van der Waals surface area contributed by atoms with Gasteiger partial charge in [0, 0.05) is 38.3 Å². The summed E-state index contributed by atoms with van der Waals surface area (Å²) >= 11 is 0. The molecule has 0 spiro atoms. The Morgan fingerprint density at radius 2 is 1.92 bits per heavy atom. The van der Waals surface area contributed by atoms with Crippen LogP contribution in [0.5, 0.6) is 5.75 Å². The Kier molecular flexibility index (Phi) is 4.19. The molecule has 0 radical (unpaired) electrons. The van der Waals surface area contributed by atoms with E-state index < -0.39 is 0 Å². The van der Waals surface area contributed by atoms with Crippen molar-refractivity contribution in [1.29, 1.82) is 0 Å². The average molecular weight is 323 g/mol. The van der Waals surface area contributed by atoms with Gasteiger partial charge in [-0.15, -0.1) is 0 Å². The lowest BCUT2D eigenvalue weighted by atomic mass is 10.2. The number of aromatic nitrogens is 1. The summed E-state index contributed by atoms with van der Waals surface area (Å²) < 4.78 is 11.1. The Morgan fingerprint density at radius 1 is 1.12 bits per heavy atom. The van der Waals surface area contributed by atoms with E-state index in [2.05, 4.69) is 27.3 Å². The van der Waals surface area contributed by atoms with Crippen molar-refractivity contribution in [2.75, 3.05) is 33.3 Å². The minimum absolute atomic E-state index is 0.645. The lowest BCUT2D eigenvalue weighted by molar-refractivity contribution is 0.233. The molecule has 1 aliphatic heterocycles. The molecule has 24 heavy (non-hydrogen) atoms. The molecule has 0 atom stereocenters. The molecule has 124 valence electrons. The number of nitrogens with one attached hydrogen (secondary N) is 1. The zero-order valence-corrected chi connectivity index (χ0v) is 13.8. The quantitative estimate of drug-likeness (QED) is 0.800. The number of fused-ring (bicyclic) bond motifs is 1. The summed E-state index contributed by atoms with van der Waals surface area (Å²) in [6, 6.07) is 14.0. The number of hydrogen-bond acceptors (Lipinski definition) is 5. The molecule has 0 aliphatic carbocycles. The van der Waals surface area contributed by atoms with Gasteiger partial charge in [-0.05, 0) is 42.0 Å². The van der Waals surface area contributed by atoms with Crippen LogP contribution < -0.4 is 10.1 Å². The van der Waals surface area contributed by atoms with E-state index in [1.165, 1.54) is 5.56 Å². The molecule has 1 saturated heterocycles. The van der Waals surface area contributed by atoms with Crippen molar-refractivity contribution in [2.24, 2.45) is 0 Å². The van der Waals surface area contributed by atoms with Crippen LogP contribution in [0, 0.1) is 0 Å². The van der Waals surface area contributed by atoms with Gasteiger partial charge < -0.3 is 14.5 Å². The van der Waals surface area contributed by atoms with Crippen molar-refractivity contribution in [2.45, 2.75) is 6.54 Å². The highest BCUT2D eigenvalue weighted by Gasteiger charge is 2.12. The van der Waals surface area contributed by atoms with Crippen molar-refractivity contribution in [3.63, 3.8) is 0 Å². The Hall–Kier alpha value is -2.37. The van der Waals surface area contributed by atoms with E-state index in [4.69, 9.17) is 9.15 Å². The lowest BCUT2D eigenvalue weighted by Gasteiger charge is -2.27. The van der Waals surface area contributed by atoms with E-state index in [0.717, 1.165) is 55.1 Å². The summed E-state index contributed by atoms with van der Waals surface area (Å²) in [6.45, 7) is 5.27. The number of benzene rings is 2. The normalized spacial score (nSPS) is 15.7. The first-order chi connectivity index (χ1) is 11.8. The largest absolute Gasteiger partial charge is 0.497 e. The van der Waals surface area contributed by atoms with E-state index in [-0.39, 0.29) is 0 Å². The smallest absolute Gasteiger partial charge is 0.227 e. The van der Waals surface area contributed by atoms with Gasteiger partial charge in [-0.2, -0.15) is 0 Å². The van der Waals surface area contributed by atoms with E-state index in [0.29, 0.717) is 5.89 Å². The number of oxazole rings is 1. The number of ether oxygens (including phenoxy) is 1. The molecule has 4 rings (SSSR count). The molecule has 1 aliphatic rings. The van der Waals surface area contributed by atoms with E-state index in [1.54, 1.807) is 7.11 Å². The van der Waals surface area contributed by atoms with Crippen LogP contribution in [0.2, 0.25) is 0 Å². The second kappa shape index (κ2) is 6.63. The number of hydrogen-bond donors (Lipinski definition) is 1. The van der Waals surface area contributed by atoms with E-state index in [1.807, 2.05) is 30.3 Å². The van der Waals surface area contributed by atoms with Crippen molar-refractivity contribution >= 4 is 11.1 Å². The SMILES string of the molecule is COc1ccc(-c2nc3cc(CN4CCNCC4)ccc3o2)cc1. The van der Waals surface area contributed by atoms with Gasteiger partial charge in [-0.3, -0.25) is 4.90 Å². The number of piperazine rings is 1. The second-order valence-corrected chi connectivity index (χ2v) is 6.08. The van der Waals surface area contributed by atoms with Crippen LogP contribution in [0.1, 0.15) is 5.56 Å². The predicted octanol–water partition coefficient (Wildman–Crippen LogP) is 2.91. The van der Waals surface area contributed by atoms with Gasteiger partial charge in [0.1, 0.15) is 11.3 Å². The van der Waals surface area contributed by atoms with Crippen LogP contribution in [-0.4, -0.2) is 43.2 Å². The summed E-state index contributed by atoms with van der Waals surface area (Å²) in [5, 5.41) is 3.38. The topological polar surface area (TPSA) is 50.5 Å². The number of rotatable bonds is 4. The maximum absolute atomic E-state index is 5.90. The Balaban J connectivity index is 1.58. The third kappa shape index (κ3) is 3.13. The minimum Gasteiger partial charge on any atom is -0.497 e. The molecule has 3 aromatic rings. The van der Waals surface area contributed by atoms with Gasteiger partial charge in [0.25, 0.3) is 0 Å². The molecule has 0 bridgehead atoms. The first-order valence-corrected chi connectivity index (χ1v) is 8.29. The molecule has 2 heterocycles. The number of nitrogens with zero attached hydrogens (tertiary/aromatic N) is 2. The van der Waals surface area contributed by atoms with E-state index >= 15 is 0 Å². The molecule has 0 saturated carbocycles. The van der Waals surface area contributed by atoms with Gasteiger partial charge in [-0.1, -0.05) is 6.07 Å². The Bertz CT molecular complexity index is 820. The first-order valence-electron chi connectivity index (χ1n) is 8.29. The van der Waals surface area contributed by atoms with Crippen molar-refractivity contribution < 1.29 is 9.15 Å². The molecule has 0 amide bonds. The molecular weight excluding hydrogens is 302 g/mol. The van der Waals surface area contributed by atoms with Gasteiger partial charge in [0.05, 0.1) is 7.11 Å². The lowest BCUT2D eigenvalue weighted by Crippen LogP contribution is -2.42. The van der Waals surface area contributed by atoms with Crippen LogP contribution >= 0.6 is 0 Å². The molecule has 2 aromatic carbocycles. The van der Waals surface area contributed by atoms with Gasteiger partial charge in [-0.25, -0.2) is 4.98 Å². The van der Waals surface area contributed by atoms with Crippen LogP contribution in [0.4, 0.5) is 0 Å². The summed E-state index contributed by atoms with van der Waals surface area (Å²) in [6.07, 6.45) is 0. The monoisotopic (exact) mass is 323 g/mol. The fourth-order valence-corrected chi connectivity index (χ4v) is 3.06. The Morgan fingerprint density at radius 3 is 2.67 bits per heavy atom.